The average molecular weight is 256 g/mol. The molecule has 0 fully saturated rings. The highest BCUT2D eigenvalue weighted by Gasteiger charge is 2.24. The fourth-order valence-electron chi connectivity index (χ4n) is 0.701. The van der Waals surface area contributed by atoms with Gasteiger partial charge in [-0.3, -0.25) is 9.59 Å². The van der Waals surface area contributed by atoms with Gasteiger partial charge in [-0.2, -0.15) is 0 Å². The molecule has 4 nitrogen and oxygen atoms in total. The van der Waals surface area contributed by atoms with Crippen LogP contribution in [0.2, 0.25) is 0 Å². The smallest absolute Gasteiger partial charge is 0.316 e. The van der Waals surface area contributed by atoms with Gasteiger partial charge in [-0.1, -0.05) is 12.7 Å². The van der Waals surface area contributed by atoms with Crippen LogP contribution in [-0.2, 0) is 14.3 Å². The number of carbonyl (C=O) groups excluding carboxylic acids is 1. The molecule has 0 radical (unpaired) electrons. The number of rotatable bonds is 4. The first-order chi connectivity index (χ1) is 7.99. The van der Waals surface area contributed by atoms with Crippen LogP contribution in [0, 0.1) is 10.8 Å². The molecule has 0 saturated heterocycles. The van der Waals surface area contributed by atoms with Crippen LogP contribution in [0.3, 0.4) is 0 Å². The Morgan fingerprint density at radius 1 is 1.17 bits per heavy atom. The minimum atomic E-state index is -0.776. The van der Waals surface area contributed by atoms with Gasteiger partial charge in [-0.05, 0) is 41.0 Å². The Morgan fingerprint density at radius 2 is 1.61 bits per heavy atom. The van der Waals surface area contributed by atoms with Gasteiger partial charge in [0, 0.05) is 0 Å². The predicted molar refractivity (Wildman–Crippen MR) is 72.0 cm³/mol. The summed E-state index contributed by atoms with van der Waals surface area (Å²) in [5.41, 5.74) is -1.07. The first kappa shape index (κ1) is 18.8. The first-order valence-electron chi connectivity index (χ1n) is 5.65. The molecule has 0 unspecified atom stereocenters. The molecule has 0 aliphatic carbocycles. The zero-order chi connectivity index (χ0) is 15.0. The van der Waals surface area contributed by atoms with E-state index in [4.69, 9.17) is 5.11 Å². The highest BCUT2D eigenvalue weighted by molar-refractivity contribution is 5.75. The maximum absolute atomic E-state index is 10.8. The van der Waals surface area contributed by atoms with Crippen LogP contribution in [0.15, 0.2) is 25.5 Å². The maximum Gasteiger partial charge on any atom is 0.316 e. The van der Waals surface area contributed by atoms with Crippen LogP contribution in [0.25, 0.3) is 0 Å². The predicted octanol–water partition coefficient (Wildman–Crippen LogP) is 3.39. The van der Waals surface area contributed by atoms with Gasteiger partial charge in [0.1, 0.15) is 0 Å². The Morgan fingerprint density at radius 3 is 1.72 bits per heavy atom. The summed E-state index contributed by atoms with van der Waals surface area (Å²) < 4.78 is 4.53. The Bertz CT molecular complexity index is 308. The topological polar surface area (TPSA) is 63.6 Å². The number of carboxylic acids is 1. The van der Waals surface area contributed by atoms with Gasteiger partial charge in [0.05, 0.1) is 17.1 Å². The Hall–Kier alpha value is -1.58. The van der Waals surface area contributed by atoms with Crippen molar-refractivity contribution < 1.29 is 19.4 Å². The van der Waals surface area contributed by atoms with E-state index in [1.54, 1.807) is 40.7 Å². The third-order valence-electron chi connectivity index (χ3n) is 2.04. The monoisotopic (exact) mass is 256 g/mol. The van der Waals surface area contributed by atoms with E-state index in [0.29, 0.717) is 6.42 Å². The number of carbonyl (C=O) groups is 2. The maximum atomic E-state index is 10.8. The van der Waals surface area contributed by atoms with E-state index in [0.717, 1.165) is 6.26 Å². The highest BCUT2D eigenvalue weighted by Crippen LogP contribution is 2.19. The molecule has 1 N–H and O–H groups in total. The molecule has 0 amide bonds. The standard InChI is InChI=1S/2C7H12O2/c1-5-9-6(8)7(2,3)4;1-4-5-7(2,3)6(8)9/h5H,1H2,2-4H3;4H,1,5H2,2-3H3,(H,8,9). The van der Waals surface area contributed by atoms with Gasteiger partial charge >= 0.3 is 11.9 Å². The zero-order valence-corrected chi connectivity index (χ0v) is 11.9. The van der Waals surface area contributed by atoms with E-state index in [1.807, 2.05) is 0 Å². The lowest BCUT2D eigenvalue weighted by molar-refractivity contribution is -0.147. The summed E-state index contributed by atoms with van der Waals surface area (Å²) in [4.78, 5) is 21.1. The fraction of sp³-hybridized carbons (Fsp3) is 0.571. The van der Waals surface area contributed by atoms with Crippen molar-refractivity contribution in [3.63, 3.8) is 0 Å². The lowest BCUT2D eigenvalue weighted by Gasteiger charge is -2.15. The van der Waals surface area contributed by atoms with Crippen molar-refractivity contribution in [2.45, 2.75) is 41.0 Å². The number of esters is 1. The van der Waals surface area contributed by atoms with Crippen molar-refractivity contribution in [2.24, 2.45) is 10.8 Å². The van der Waals surface area contributed by atoms with E-state index in [-0.39, 0.29) is 5.97 Å². The van der Waals surface area contributed by atoms with E-state index in [9.17, 15) is 9.59 Å². The van der Waals surface area contributed by atoms with Gasteiger partial charge in [-0.15, -0.1) is 6.58 Å². The normalized spacial score (nSPS) is 10.7. The lowest BCUT2D eigenvalue weighted by atomic mass is 9.90. The quantitative estimate of drug-likeness (QED) is 0.475. The molecule has 0 rings (SSSR count). The molecule has 0 aliphatic heterocycles. The summed E-state index contributed by atoms with van der Waals surface area (Å²) in [6.45, 7) is 15.5. The third-order valence-corrected chi connectivity index (χ3v) is 2.04. The van der Waals surface area contributed by atoms with Crippen molar-refractivity contribution >= 4 is 11.9 Å². The number of ether oxygens (including phenoxy) is 1. The molecule has 0 aromatic rings. The molecular weight excluding hydrogens is 232 g/mol. The Balaban J connectivity index is 0. The Labute approximate surface area is 109 Å². The summed E-state index contributed by atoms with van der Waals surface area (Å²) in [5, 5.41) is 8.52. The average Bonchev–Trinajstić information content (AvgIpc) is 2.17. The molecule has 104 valence electrons. The minimum absolute atomic E-state index is 0.252. The lowest BCUT2D eigenvalue weighted by Crippen LogP contribution is -2.22. The van der Waals surface area contributed by atoms with E-state index in [1.165, 1.54) is 0 Å². The molecule has 0 atom stereocenters. The molecule has 0 heterocycles. The zero-order valence-electron chi connectivity index (χ0n) is 11.9. The van der Waals surface area contributed by atoms with Crippen molar-refractivity contribution in [2.75, 3.05) is 0 Å². The van der Waals surface area contributed by atoms with Gasteiger partial charge in [0.25, 0.3) is 0 Å². The second-order valence-corrected chi connectivity index (χ2v) is 5.50. The number of hydrogen-bond acceptors (Lipinski definition) is 3. The SMILES string of the molecule is C=CCC(C)(C)C(=O)O.C=COC(=O)C(C)(C)C. The van der Waals surface area contributed by atoms with Gasteiger partial charge < -0.3 is 9.84 Å². The summed E-state index contributed by atoms with van der Waals surface area (Å²) in [6.07, 6.45) is 3.28. The number of hydrogen-bond donors (Lipinski definition) is 1. The van der Waals surface area contributed by atoms with Crippen LogP contribution in [0.1, 0.15) is 41.0 Å². The van der Waals surface area contributed by atoms with Crippen LogP contribution in [0.5, 0.6) is 0 Å². The second kappa shape index (κ2) is 7.69. The molecule has 0 spiro atoms. The third kappa shape index (κ3) is 8.56. The summed E-state index contributed by atoms with van der Waals surface area (Å²) in [5.74, 6) is -1.03. The van der Waals surface area contributed by atoms with E-state index in [2.05, 4.69) is 17.9 Å². The van der Waals surface area contributed by atoms with Gasteiger partial charge in [-0.25, -0.2) is 0 Å². The van der Waals surface area contributed by atoms with Crippen molar-refractivity contribution in [3.05, 3.63) is 25.5 Å². The van der Waals surface area contributed by atoms with Gasteiger partial charge in [0.15, 0.2) is 0 Å². The van der Waals surface area contributed by atoms with Crippen molar-refractivity contribution in [1.29, 1.82) is 0 Å². The highest BCUT2D eigenvalue weighted by atomic mass is 16.5. The number of aliphatic carboxylic acids is 1. The van der Waals surface area contributed by atoms with Gasteiger partial charge in [0.2, 0.25) is 0 Å². The first-order valence-corrected chi connectivity index (χ1v) is 5.65. The Kier molecular flexibility index (Phi) is 8.02. The number of allylic oxidation sites excluding steroid dienone is 1. The largest absolute Gasteiger partial charge is 0.481 e. The molecule has 0 saturated carbocycles. The molecule has 0 aromatic carbocycles. The van der Waals surface area contributed by atoms with Crippen LogP contribution < -0.4 is 0 Å². The van der Waals surface area contributed by atoms with Crippen LogP contribution in [-0.4, -0.2) is 17.0 Å². The molecule has 4 heteroatoms. The van der Waals surface area contributed by atoms with E-state index < -0.39 is 16.8 Å². The van der Waals surface area contributed by atoms with Crippen LogP contribution >= 0.6 is 0 Å². The summed E-state index contributed by atoms with van der Waals surface area (Å²) >= 11 is 0. The summed E-state index contributed by atoms with van der Waals surface area (Å²) in [7, 11) is 0. The molecule has 18 heavy (non-hydrogen) atoms. The second-order valence-electron chi connectivity index (χ2n) is 5.50. The minimum Gasteiger partial charge on any atom is -0.481 e. The number of carboxylic acid groups (broad SMARTS) is 1. The van der Waals surface area contributed by atoms with Crippen molar-refractivity contribution in [1.82, 2.24) is 0 Å². The molecular formula is C14H24O4. The van der Waals surface area contributed by atoms with E-state index >= 15 is 0 Å². The molecule has 0 bridgehead atoms. The van der Waals surface area contributed by atoms with Crippen LogP contribution in [0.4, 0.5) is 0 Å². The fourth-order valence-corrected chi connectivity index (χ4v) is 0.701. The van der Waals surface area contributed by atoms with Crippen molar-refractivity contribution in [3.8, 4) is 0 Å². The summed E-state index contributed by atoms with van der Waals surface area (Å²) in [6, 6.07) is 0. The molecule has 0 aromatic heterocycles. The molecule has 0 aliphatic rings.